The number of H-pyrrole nitrogens is 1. The molecule has 3 aliphatic rings. The van der Waals surface area contributed by atoms with Crippen molar-refractivity contribution in [1.82, 2.24) is 25.2 Å². The molecule has 0 spiro atoms. The minimum absolute atomic E-state index is 0.223. The van der Waals surface area contributed by atoms with E-state index in [-0.39, 0.29) is 17.9 Å². The van der Waals surface area contributed by atoms with Crippen LogP contribution in [0.1, 0.15) is 74.4 Å². The van der Waals surface area contributed by atoms with E-state index in [9.17, 15) is 9.59 Å². The van der Waals surface area contributed by atoms with E-state index in [4.69, 9.17) is 18.9 Å². The molecule has 11 heteroatoms. The molecule has 2 aromatic heterocycles. The number of fused-ring (bicyclic) bond motifs is 1. The van der Waals surface area contributed by atoms with Gasteiger partial charge < -0.3 is 34.1 Å². The monoisotopic (exact) mass is 575 g/mol. The fourth-order valence-electron chi connectivity index (χ4n) is 5.08. The summed E-state index contributed by atoms with van der Waals surface area (Å²) in [5.41, 5.74) is 2.35. The fraction of sp³-hybridized carbons (Fsp3) is 0.484. The zero-order chi connectivity index (χ0) is 29.3. The lowest BCUT2D eigenvalue weighted by molar-refractivity contribution is -0.0173. The Kier molecular flexibility index (Phi) is 7.66. The van der Waals surface area contributed by atoms with E-state index < -0.39 is 11.9 Å². The molecule has 1 aliphatic carbocycles. The number of piperidine rings is 1. The van der Waals surface area contributed by atoms with Crippen LogP contribution in [-0.4, -0.2) is 63.7 Å². The van der Waals surface area contributed by atoms with Gasteiger partial charge in [-0.25, -0.2) is 14.8 Å². The summed E-state index contributed by atoms with van der Waals surface area (Å²) in [6.07, 6.45) is 7.72. The summed E-state index contributed by atoms with van der Waals surface area (Å²) in [5, 5.41) is 3.04. The van der Waals surface area contributed by atoms with Crippen molar-refractivity contribution in [3.63, 3.8) is 0 Å². The van der Waals surface area contributed by atoms with Crippen molar-refractivity contribution in [1.29, 1.82) is 0 Å². The van der Waals surface area contributed by atoms with Gasteiger partial charge in [0.2, 0.25) is 0 Å². The maximum Gasteiger partial charge on any atom is 0.410 e. The highest BCUT2D eigenvalue weighted by Crippen LogP contribution is 2.36. The Morgan fingerprint density at radius 3 is 2.69 bits per heavy atom. The van der Waals surface area contributed by atoms with Crippen LogP contribution in [-0.2, 0) is 14.2 Å². The molecule has 2 amide bonds. The second kappa shape index (κ2) is 11.5. The number of likely N-dealkylation sites (tertiary alicyclic amines) is 1. The second-order valence-corrected chi connectivity index (χ2v) is 12.2. The predicted octanol–water partition coefficient (Wildman–Crippen LogP) is 5.17. The van der Waals surface area contributed by atoms with Crippen molar-refractivity contribution >= 4 is 28.8 Å². The highest BCUT2D eigenvalue weighted by Gasteiger charge is 2.29. The standard InChI is InChI=1S/C31H37N5O6/c1-31(2,3)42-30(38)36-11-9-19(10-12-36)14-33-28(37)23-15-32-27-25(23)34-18-35-26(27)24-17-40-29(41-24)21-5-4-6-22(13-21)39-16-20-7-8-20/h4-6,13,15,17-20,29,32H,7-12,14,16H2,1-3H3,(H,33,37). The molecule has 1 aromatic carbocycles. The van der Waals surface area contributed by atoms with E-state index in [0.29, 0.717) is 53.6 Å². The number of nitrogens with one attached hydrogen (secondary N) is 2. The summed E-state index contributed by atoms with van der Waals surface area (Å²) in [7, 11) is 0. The molecule has 3 aromatic rings. The van der Waals surface area contributed by atoms with Crippen molar-refractivity contribution in [3.05, 3.63) is 59.9 Å². The van der Waals surface area contributed by atoms with E-state index in [1.807, 2.05) is 45.0 Å². The number of carbonyl (C=O) groups excluding carboxylic acids is 2. The van der Waals surface area contributed by atoms with Crippen molar-refractivity contribution in [2.75, 3.05) is 26.2 Å². The molecule has 1 unspecified atom stereocenters. The molecule has 2 fully saturated rings. The number of aromatic nitrogens is 3. The minimum Gasteiger partial charge on any atom is -0.493 e. The fourth-order valence-corrected chi connectivity index (χ4v) is 5.08. The van der Waals surface area contributed by atoms with Crippen molar-refractivity contribution in [3.8, 4) is 5.75 Å². The Balaban J connectivity index is 1.05. The number of carbonyl (C=O) groups is 2. The van der Waals surface area contributed by atoms with Crippen LogP contribution >= 0.6 is 0 Å². The number of benzene rings is 1. The van der Waals surface area contributed by atoms with Crippen LogP contribution in [0.3, 0.4) is 0 Å². The number of hydrogen-bond donors (Lipinski definition) is 2. The van der Waals surface area contributed by atoms with Crippen molar-refractivity contribution in [2.45, 2.75) is 58.3 Å². The smallest absolute Gasteiger partial charge is 0.410 e. The van der Waals surface area contributed by atoms with Gasteiger partial charge in [0.15, 0.2) is 5.76 Å². The van der Waals surface area contributed by atoms with Gasteiger partial charge in [-0.3, -0.25) is 4.79 Å². The third kappa shape index (κ3) is 6.45. The number of hydrogen-bond acceptors (Lipinski definition) is 8. The Hall–Kier alpha value is -4.28. The van der Waals surface area contributed by atoms with Crippen LogP contribution in [0.5, 0.6) is 5.75 Å². The normalized spacial score (nSPS) is 19.2. The molecule has 0 bridgehead atoms. The van der Waals surface area contributed by atoms with Gasteiger partial charge >= 0.3 is 6.09 Å². The molecule has 222 valence electrons. The molecule has 2 N–H and O–H groups in total. The van der Waals surface area contributed by atoms with Gasteiger partial charge in [0, 0.05) is 31.4 Å². The summed E-state index contributed by atoms with van der Waals surface area (Å²) in [6, 6.07) is 7.71. The third-order valence-electron chi connectivity index (χ3n) is 7.60. The van der Waals surface area contributed by atoms with E-state index in [2.05, 4.69) is 20.3 Å². The third-order valence-corrected chi connectivity index (χ3v) is 7.60. The average Bonchev–Trinajstić information content (AvgIpc) is 3.49. The summed E-state index contributed by atoms with van der Waals surface area (Å²) in [4.78, 5) is 39.1. The number of nitrogens with zero attached hydrogens (tertiary/aromatic N) is 3. The first-order valence-electron chi connectivity index (χ1n) is 14.6. The largest absolute Gasteiger partial charge is 0.493 e. The molecular weight excluding hydrogens is 538 g/mol. The summed E-state index contributed by atoms with van der Waals surface area (Å²) in [5.74, 6) is 1.95. The maximum atomic E-state index is 13.1. The van der Waals surface area contributed by atoms with Gasteiger partial charge in [-0.05, 0) is 70.4 Å². The zero-order valence-corrected chi connectivity index (χ0v) is 24.2. The lowest BCUT2D eigenvalue weighted by Crippen LogP contribution is -2.43. The maximum absolute atomic E-state index is 13.1. The molecule has 2 aliphatic heterocycles. The van der Waals surface area contributed by atoms with Crippen LogP contribution in [0.4, 0.5) is 4.79 Å². The first kappa shape index (κ1) is 27.9. The van der Waals surface area contributed by atoms with Gasteiger partial charge in [-0.15, -0.1) is 0 Å². The number of aromatic amines is 1. The van der Waals surface area contributed by atoms with Gasteiger partial charge in [0.05, 0.1) is 17.7 Å². The minimum atomic E-state index is -0.631. The van der Waals surface area contributed by atoms with Gasteiger partial charge in [0.25, 0.3) is 12.2 Å². The van der Waals surface area contributed by atoms with Gasteiger partial charge in [-0.1, -0.05) is 12.1 Å². The van der Waals surface area contributed by atoms with Crippen LogP contribution in [0, 0.1) is 11.8 Å². The highest BCUT2D eigenvalue weighted by atomic mass is 16.7. The van der Waals surface area contributed by atoms with E-state index in [1.54, 1.807) is 11.1 Å². The number of rotatable bonds is 8. The Morgan fingerprint density at radius 1 is 1.12 bits per heavy atom. The molecule has 1 saturated heterocycles. The lowest BCUT2D eigenvalue weighted by atomic mass is 9.97. The van der Waals surface area contributed by atoms with E-state index >= 15 is 0 Å². The Bertz CT molecular complexity index is 1480. The molecule has 6 rings (SSSR count). The molecule has 1 atom stereocenters. The van der Waals surface area contributed by atoms with E-state index in [0.717, 1.165) is 30.8 Å². The van der Waals surface area contributed by atoms with Crippen LogP contribution in [0.25, 0.3) is 16.8 Å². The Morgan fingerprint density at radius 2 is 1.93 bits per heavy atom. The Labute approximate surface area is 244 Å². The summed E-state index contributed by atoms with van der Waals surface area (Å²) < 4.78 is 23.3. The van der Waals surface area contributed by atoms with E-state index in [1.165, 1.54) is 25.4 Å². The van der Waals surface area contributed by atoms with Crippen molar-refractivity contribution < 1.29 is 28.5 Å². The van der Waals surface area contributed by atoms with Crippen LogP contribution in [0.2, 0.25) is 0 Å². The predicted molar refractivity (Wildman–Crippen MR) is 154 cm³/mol. The summed E-state index contributed by atoms with van der Waals surface area (Å²) >= 11 is 0. The molecule has 4 heterocycles. The SMILES string of the molecule is CC(C)(C)OC(=O)N1CCC(CNC(=O)c2c[nH]c3c(C4=COC(c5cccc(OCC6CC6)c5)O4)ncnc23)CC1. The highest BCUT2D eigenvalue weighted by molar-refractivity contribution is 6.06. The average molecular weight is 576 g/mol. The van der Waals surface area contributed by atoms with Crippen LogP contribution < -0.4 is 10.1 Å². The van der Waals surface area contributed by atoms with Crippen LogP contribution in [0.15, 0.2) is 43.1 Å². The molecule has 1 saturated carbocycles. The molecule has 11 nitrogen and oxygen atoms in total. The van der Waals surface area contributed by atoms with Crippen molar-refractivity contribution in [2.24, 2.45) is 11.8 Å². The topological polar surface area (TPSA) is 128 Å². The lowest BCUT2D eigenvalue weighted by Gasteiger charge is -2.33. The quantitative estimate of drug-likeness (QED) is 0.377. The van der Waals surface area contributed by atoms with Gasteiger partial charge in [-0.2, -0.15) is 0 Å². The van der Waals surface area contributed by atoms with Gasteiger partial charge in [0.1, 0.15) is 35.2 Å². The molecular formula is C31H37N5O6. The number of ether oxygens (including phenoxy) is 4. The second-order valence-electron chi connectivity index (χ2n) is 12.2. The molecule has 0 radical (unpaired) electrons. The zero-order valence-electron chi connectivity index (χ0n) is 24.2. The summed E-state index contributed by atoms with van der Waals surface area (Å²) in [6.45, 7) is 8.04. The molecule has 42 heavy (non-hydrogen) atoms. The first-order chi connectivity index (χ1) is 20.2. The first-order valence-corrected chi connectivity index (χ1v) is 14.6. The number of amides is 2.